The summed E-state index contributed by atoms with van der Waals surface area (Å²) in [6.07, 6.45) is 7.34. The van der Waals surface area contributed by atoms with Crippen molar-refractivity contribution in [3.8, 4) is 0 Å². The second kappa shape index (κ2) is 6.61. The number of rotatable bonds is 8. The fourth-order valence-corrected chi connectivity index (χ4v) is 3.56. The number of hydrogen-bond acceptors (Lipinski definition) is 2. The molecule has 3 heteroatoms. The maximum Gasteiger partial charge on any atom is 0.303 e. The van der Waals surface area contributed by atoms with E-state index >= 15 is 0 Å². The fraction of sp³-hybridized carbons (Fsp3) is 0.611. The molecule has 3 atom stereocenters. The summed E-state index contributed by atoms with van der Waals surface area (Å²) >= 11 is 0. The van der Waals surface area contributed by atoms with Crippen molar-refractivity contribution in [2.45, 2.75) is 57.0 Å². The van der Waals surface area contributed by atoms with E-state index in [1.165, 1.54) is 31.2 Å². The van der Waals surface area contributed by atoms with Gasteiger partial charge >= 0.3 is 5.97 Å². The Morgan fingerprint density at radius 2 is 1.95 bits per heavy atom. The van der Waals surface area contributed by atoms with E-state index in [0.29, 0.717) is 6.04 Å². The summed E-state index contributed by atoms with van der Waals surface area (Å²) in [6.45, 7) is 0. The Bertz CT molecular complexity index is 469. The van der Waals surface area contributed by atoms with Crippen LogP contribution < -0.4 is 5.32 Å². The normalized spacial score (nSPS) is 26.1. The van der Waals surface area contributed by atoms with Gasteiger partial charge in [-0.25, -0.2) is 0 Å². The van der Waals surface area contributed by atoms with E-state index in [1.54, 1.807) is 0 Å². The molecular formula is C18H25NO2. The molecule has 0 heterocycles. The Hall–Kier alpha value is -1.35. The topological polar surface area (TPSA) is 49.3 Å². The summed E-state index contributed by atoms with van der Waals surface area (Å²) in [7, 11) is 0. The zero-order valence-electron chi connectivity index (χ0n) is 12.5. The van der Waals surface area contributed by atoms with Gasteiger partial charge in [0, 0.05) is 18.5 Å². The summed E-state index contributed by atoms with van der Waals surface area (Å²) in [5.74, 6) is 1.11. The Balaban J connectivity index is 1.57. The average Bonchev–Trinajstić information content (AvgIpc) is 3.26. The van der Waals surface area contributed by atoms with Crippen LogP contribution in [0.15, 0.2) is 30.3 Å². The van der Waals surface area contributed by atoms with Crippen LogP contribution in [0.1, 0.15) is 44.1 Å². The minimum atomic E-state index is -0.692. The van der Waals surface area contributed by atoms with Crippen LogP contribution in [0.3, 0.4) is 0 Å². The third kappa shape index (κ3) is 4.07. The van der Waals surface area contributed by atoms with Crippen LogP contribution in [-0.2, 0) is 11.2 Å². The first-order valence-electron chi connectivity index (χ1n) is 8.24. The van der Waals surface area contributed by atoms with Crippen molar-refractivity contribution in [1.29, 1.82) is 0 Å². The Kier molecular flexibility index (Phi) is 4.59. The molecule has 3 unspecified atom stereocenters. The predicted octanol–water partition coefficient (Wildman–Crippen LogP) is 3.24. The van der Waals surface area contributed by atoms with Crippen LogP contribution in [0.5, 0.6) is 0 Å². The van der Waals surface area contributed by atoms with Crippen molar-refractivity contribution in [3.05, 3.63) is 35.9 Å². The maximum atomic E-state index is 10.9. The zero-order chi connectivity index (χ0) is 14.7. The monoisotopic (exact) mass is 287 g/mol. The highest BCUT2D eigenvalue weighted by atomic mass is 16.4. The molecule has 3 rings (SSSR count). The van der Waals surface area contributed by atoms with Crippen LogP contribution in [0.4, 0.5) is 0 Å². The van der Waals surface area contributed by atoms with Gasteiger partial charge in [-0.05, 0) is 55.9 Å². The van der Waals surface area contributed by atoms with Gasteiger partial charge in [0.25, 0.3) is 0 Å². The Labute approximate surface area is 126 Å². The van der Waals surface area contributed by atoms with Gasteiger partial charge in [0.2, 0.25) is 0 Å². The molecule has 0 amide bonds. The number of nitrogens with one attached hydrogen (secondary N) is 1. The van der Waals surface area contributed by atoms with E-state index in [2.05, 4.69) is 29.6 Å². The molecule has 0 spiro atoms. The van der Waals surface area contributed by atoms with Crippen LogP contribution in [0.2, 0.25) is 0 Å². The molecule has 3 nitrogen and oxygen atoms in total. The fourth-order valence-electron chi connectivity index (χ4n) is 3.56. The van der Waals surface area contributed by atoms with Gasteiger partial charge in [-0.1, -0.05) is 30.3 Å². The molecule has 0 saturated heterocycles. The minimum absolute atomic E-state index is 0.255. The molecule has 0 aromatic heterocycles. The Morgan fingerprint density at radius 3 is 2.52 bits per heavy atom. The second-order valence-electron chi connectivity index (χ2n) is 6.67. The lowest BCUT2D eigenvalue weighted by atomic mass is 9.75. The van der Waals surface area contributed by atoms with Crippen LogP contribution in [-0.4, -0.2) is 23.2 Å². The number of carboxylic acids is 1. The first-order chi connectivity index (χ1) is 10.2. The van der Waals surface area contributed by atoms with Crippen molar-refractivity contribution >= 4 is 5.97 Å². The third-order valence-electron chi connectivity index (χ3n) is 5.04. The van der Waals surface area contributed by atoms with E-state index in [4.69, 9.17) is 5.11 Å². The molecule has 114 valence electrons. The van der Waals surface area contributed by atoms with Crippen molar-refractivity contribution in [3.63, 3.8) is 0 Å². The first-order valence-corrected chi connectivity index (χ1v) is 8.24. The van der Waals surface area contributed by atoms with Crippen molar-refractivity contribution < 1.29 is 9.90 Å². The number of carbonyl (C=O) groups is 1. The molecule has 0 aliphatic heterocycles. The molecule has 2 fully saturated rings. The van der Waals surface area contributed by atoms with Crippen LogP contribution >= 0.6 is 0 Å². The molecular weight excluding hydrogens is 262 g/mol. The number of benzene rings is 1. The van der Waals surface area contributed by atoms with E-state index in [9.17, 15) is 4.79 Å². The highest BCUT2D eigenvalue weighted by molar-refractivity contribution is 5.66. The van der Waals surface area contributed by atoms with Gasteiger partial charge in [0.1, 0.15) is 0 Å². The molecule has 1 aromatic rings. The lowest BCUT2D eigenvalue weighted by molar-refractivity contribution is -0.137. The summed E-state index contributed by atoms with van der Waals surface area (Å²) in [4.78, 5) is 10.9. The third-order valence-corrected chi connectivity index (χ3v) is 5.04. The smallest absolute Gasteiger partial charge is 0.303 e. The van der Waals surface area contributed by atoms with E-state index in [-0.39, 0.29) is 12.5 Å². The SMILES string of the molecule is O=C(O)CCC(Cc1ccccc1)NC1CCC1C1CC1. The van der Waals surface area contributed by atoms with E-state index in [1.807, 2.05) is 6.07 Å². The van der Waals surface area contributed by atoms with E-state index in [0.717, 1.165) is 24.7 Å². The van der Waals surface area contributed by atoms with Crippen molar-refractivity contribution in [1.82, 2.24) is 5.32 Å². The molecule has 0 bridgehead atoms. The predicted molar refractivity (Wildman–Crippen MR) is 83.2 cm³/mol. The number of carboxylic acid groups (broad SMARTS) is 1. The van der Waals surface area contributed by atoms with Crippen LogP contribution in [0.25, 0.3) is 0 Å². The molecule has 2 saturated carbocycles. The number of aliphatic carboxylic acids is 1. The lowest BCUT2D eigenvalue weighted by Crippen LogP contribution is -2.50. The molecule has 2 aliphatic rings. The standard InChI is InChI=1S/C18H25NO2/c20-18(21)11-8-15(12-13-4-2-1-3-5-13)19-17-10-9-16(17)14-6-7-14/h1-5,14-17,19H,6-12H2,(H,20,21). The van der Waals surface area contributed by atoms with Gasteiger partial charge < -0.3 is 10.4 Å². The minimum Gasteiger partial charge on any atom is -0.481 e. The van der Waals surface area contributed by atoms with Gasteiger partial charge in [-0.15, -0.1) is 0 Å². The lowest BCUT2D eigenvalue weighted by Gasteiger charge is -2.40. The number of hydrogen-bond donors (Lipinski definition) is 2. The molecule has 2 aliphatic carbocycles. The molecule has 0 radical (unpaired) electrons. The van der Waals surface area contributed by atoms with Gasteiger partial charge in [-0.2, -0.15) is 0 Å². The average molecular weight is 287 g/mol. The summed E-state index contributed by atoms with van der Waals surface area (Å²) in [6, 6.07) is 11.3. The van der Waals surface area contributed by atoms with Gasteiger partial charge in [-0.3, -0.25) is 4.79 Å². The summed E-state index contributed by atoms with van der Waals surface area (Å²) in [5, 5.41) is 12.7. The summed E-state index contributed by atoms with van der Waals surface area (Å²) < 4.78 is 0. The van der Waals surface area contributed by atoms with E-state index < -0.39 is 5.97 Å². The van der Waals surface area contributed by atoms with Crippen molar-refractivity contribution in [2.75, 3.05) is 0 Å². The highest BCUT2D eigenvalue weighted by Crippen LogP contribution is 2.47. The zero-order valence-corrected chi connectivity index (χ0v) is 12.5. The Morgan fingerprint density at radius 1 is 1.19 bits per heavy atom. The largest absolute Gasteiger partial charge is 0.481 e. The van der Waals surface area contributed by atoms with Gasteiger partial charge in [0.05, 0.1) is 0 Å². The molecule has 21 heavy (non-hydrogen) atoms. The van der Waals surface area contributed by atoms with Crippen LogP contribution in [0, 0.1) is 11.8 Å². The quantitative estimate of drug-likeness (QED) is 0.771. The second-order valence-corrected chi connectivity index (χ2v) is 6.67. The molecule has 2 N–H and O–H groups in total. The first kappa shape index (κ1) is 14.6. The highest BCUT2D eigenvalue weighted by Gasteiger charge is 2.42. The molecule has 1 aromatic carbocycles. The van der Waals surface area contributed by atoms with Crippen molar-refractivity contribution in [2.24, 2.45) is 11.8 Å². The summed E-state index contributed by atoms with van der Waals surface area (Å²) in [5.41, 5.74) is 1.29. The van der Waals surface area contributed by atoms with Gasteiger partial charge in [0.15, 0.2) is 0 Å². The maximum absolute atomic E-state index is 10.9.